The molecule has 1 aliphatic rings. The number of carbonyl (C=O) groups excluding carboxylic acids is 1. The molecule has 0 bridgehead atoms. The summed E-state index contributed by atoms with van der Waals surface area (Å²) in [7, 11) is 0. The second-order valence-corrected chi connectivity index (χ2v) is 4.51. The zero-order valence-corrected chi connectivity index (χ0v) is 10.5. The molecule has 102 valence electrons. The molecule has 1 aliphatic heterocycles. The standard InChI is InChI=1S/C13H16N2O4/c16-11-3-1-10(2-4-11)13(19)15-7-5-14(6-8-15)9-12(17)18/h1-4,16H,5-9H2,(H,17,18). The molecule has 1 amide bonds. The van der Waals surface area contributed by atoms with Crippen molar-refractivity contribution in [2.45, 2.75) is 0 Å². The number of rotatable bonds is 3. The minimum atomic E-state index is -0.849. The number of phenols is 1. The Kier molecular flexibility index (Phi) is 4.01. The van der Waals surface area contributed by atoms with Crippen molar-refractivity contribution in [1.82, 2.24) is 9.80 Å². The maximum absolute atomic E-state index is 12.1. The van der Waals surface area contributed by atoms with E-state index in [9.17, 15) is 14.7 Å². The summed E-state index contributed by atoms with van der Waals surface area (Å²) in [5.41, 5.74) is 0.532. The molecule has 0 saturated carbocycles. The molecule has 0 unspecified atom stereocenters. The first-order valence-corrected chi connectivity index (χ1v) is 6.09. The smallest absolute Gasteiger partial charge is 0.317 e. The largest absolute Gasteiger partial charge is 0.508 e. The van der Waals surface area contributed by atoms with Crippen LogP contribution in [0.1, 0.15) is 10.4 Å². The molecule has 1 saturated heterocycles. The predicted octanol–water partition coefficient (Wildman–Crippen LogP) is 0.235. The maximum atomic E-state index is 12.1. The number of hydrogen-bond acceptors (Lipinski definition) is 4. The third-order valence-electron chi connectivity index (χ3n) is 3.13. The highest BCUT2D eigenvalue weighted by Crippen LogP contribution is 2.13. The van der Waals surface area contributed by atoms with Crippen molar-refractivity contribution in [2.75, 3.05) is 32.7 Å². The van der Waals surface area contributed by atoms with Crippen LogP contribution in [0.5, 0.6) is 5.75 Å². The Balaban J connectivity index is 1.92. The van der Waals surface area contributed by atoms with Gasteiger partial charge in [0.15, 0.2) is 0 Å². The lowest BCUT2D eigenvalue weighted by Crippen LogP contribution is -2.49. The Labute approximate surface area is 110 Å². The molecule has 19 heavy (non-hydrogen) atoms. The number of aliphatic carboxylic acids is 1. The van der Waals surface area contributed by atoms with Gasteiger partial charge in [0.1, 0.15) is 5.75 Å². The first-order chi connectivity index (χ1) is 9.06. The minimum Gasteiger partial charge on any atom is -0.508 e. The molecule has 2 rings (SSSR count). The highest BCUT2D eigenvalue weighted by molar-refractivity contribution is 5.94. The number of benzene rings is 1. The van der Waals surface area contributed by atoms with Crippen LogP contribution in [0.4, 0.5) is 0 Å². The summed E-state index contributed by atoms with van der Waals surface area (Å²) >= 11 is 0. The number of amides is 1. The normalized spacial score (nSPS) is 16.3. The van der Waals surface area contributed by atoms with Gasteiger partial charge < -0.3 is 15.1 Å². The van der Waals surface area contributed by atoms with Crippen molar-refractivity contribution in [3.05, 3.63) is 29.8 Å². The van der Waals surface area contributed by atoms with Crippen molar-refractivity contribution in [3.8, 4) is 5.75 Å². The number of piperazine rings is 1. The van der Waals surface area contributed by atoms with E-state index in [-0.39, 0.29) is 18.2 Å². The second kappa shape index (κ2) is 5.71. The van der Waals surface area contributed by atoms with E-state index in [1.165, 1.54) is 12.1 Å². The zero-order valence-electron chi connectivity index (χ0n) is 10.5. The molecule has 1 heterocycles. The summed E-state index contributed by atoms with van der Waals surface area (Å²) in [4.78, 5) is 26.2. The van der Waals surface area contributed by atoms with E-state index in [0.717, 1.165) is 0 Å². The fourth-order valence-corrected chi connectivity index (χ4v) is 2.09. The highest BCUT2D eigenvalue weighted by Gasteiger charge is 2.22. The molecule has 2 N–H and O–H groups in total. The van der Waals surface area contributed by atoms with Gasteiger partial charge in [-0.25, -0.2) is 0 Å². The average molecular weight is 264 g/mol. The Morgan fingerprint density at radius 3 is 2.16 bits per heavy atom. The fraction of sp³-hybridized carbons (Fsp3) is 0.385. The number of nitrogens with zero attached hydrogens (tertiary/aromatic N) is 2. The van der Waals surface area contributed by atoms with Crippen LogP contribution in [0.2, 0.25) is 0 Å². The van der Waals surface area contributed by atoms with Gasteiger partial charge in [-0.05, 0) is 24.3 Å². The van der Waals surface area contributed by atoms with Gasteiger partial charge in [0.2, 0.25) is 0 Å². The van der Waals surface area contributed by atoms with Gasteiger partial charge in [-0.2, -0.15) is 0 Å². The number of carboxylic acids is 1. The third kappa shape index (κ3) is 3.45. The van der Waals surface area contributed by atoms with Crippen LogP contribution < -0.4 is 0 Å². The van der Waals surface area contributed by atoms with Crippen LogP contribution in [0.25, 0.3) is 0 Å². The second-order valence-electron chi connectivity index (χ2n) is 4.51. The zero-order chi connectivity index (χ0) is 13.8. The molecular formula is C13H16N2O4. The van der Waals surface area contributed by atoms with Crippen LogP contribution >= 0.6 is 0 Å². The third-order valence-corrected chi connectivity index (χ3v) is 3.13. The molecule has 0 radical (unpaired) electrons. The lowest BCUT2D eigenvalue weighted by Gasteiger charge is -2.33. The Bertz CT molecular complexity index is 464. The summed E-state index contributed by atoms with van der Waals surface area (Å²) in [5, 5.41) is 17.9. The summed E-state index contributed by atoms with van der Waals surface area (Å²) in [6.07, 6.45) is 0. The molecule has 0 spiro atoms. The number of carboxylic acid groups (broad SMARTS) is 1. The molecule has 6 nitrogen and oxygen atoms in total. The van der Waals surface area contributed by atoms with Crippen LogP contribution in [-0.2, 0) is 4.79 Å². The van der Waals surface area contributed by atoms with E-state index in [2.05, 4.69) is 0 Å². The Morgan fingerprint density at radius 2 is 1.63 bits per heavy atom. The average Bonchev–Trinajstić information content (AvgIpc) is 2.39. The van der Waals surface area contributed by atoms with Crippen molar-refractivity contribution in [3.63, 3.8) is 0 Å². The van der Waals surface area contributed by atoms with Gasteiger partial charge >= 0.3 is 5.97 Å². The molecule has 0 aromatic heterocycles. The van der Waals surface area contributed by atoms with Gasteiger partial charge in [-0.3, -0.25) is 14.5 Å². The van der Waals surface area contributed by atoms with Gasteiger partial charge in [0.25, 0.3) is 5.91 Å². The van der Waals surface area contributed by atoms with Gasteiger partial charge in [-0.1, -0.05) is 0 Å². The van der Waals surface area contributed by atoms with E-state index in [1.807, 2.05) is 4.90 Å². The Hall–Kier alpha value is -2.08. The van der Waals surface area contributed by atoms with E-state index in [4.69, 9.17) is 5.11 Å². The lowest BCUT2D eigenvalue weighted by molar-refractivity contribution is -0.138. The predicted molar refractivity (Wildman–Crippen MR) is 68.1 cm³/mol. The molecular weight excluding hydrogens is 248 g/mol. The van der Waals surface area contributed by atoms with Gasteiger partial charge in [0.05, 0.1) is 6.54 Å². The van der Waals surface area contributed by atoms with E-state index in [0.29, 0.717) is 31.7 Å². The summed E-state index contributed by atoms with van der Waals surface area (Å²) < 4.78 is 0. The molecule has 6 heteroatoms. The van der Waals surface area contributed by atoms with Crippen LogP contribution in [0.3, 0.4) is 0 Å². The fourth-order valence-electron chi connectivity index (χ4n) is 2.09. The number of aromatic hydroxyl groups is 1. The minimum absolute atomic E-state index is 0.0151. The summed E-state index contributed by atoms with van der Waals surface area (Å²) in [6.45, 7) is 2.19. The SMILES string of the molecule is O=C(O)CN1CCN(C(=O)c2ccc(O)cc2)CC1. The van der Waals surface area contributed by atoms with Gasteiger partial charge in [0, 0.05) is 31.7 Å². The summed E-state index contributed by atoms with van der Waals surface area (Å²) in [6, 6.07) is 6.13. The van der Waals surface area contributed by atoms with E-state index in [1.54, 1.807) is 17.0 Å². The topological polar surface area (TPSA) is 81.1 Å². The van der Waals surface area contributed by atoms with E-state index >= 15 is 0 Å². The first-order valence-electron chi connectivity index (χ1n) is 6.09. The van der Waals surface area contributed by atoms with Gasteiger partial charge in [-0.15, -0.1) is 0 Å². The number of phenolic OH excluding ortho intramolecular Hbond substituents is 1. The Morgan fingerprint density at radius 1 is 1.05 bits per heavy atom. The molecule has 0 atom stereocenters. The molecule has 1 aromatic rings. The van der Waals surface area contributed by atoms with Crippen molar-refractivity contribution < 1.29 is 19.8 Å². The summed E-state index contributed by atoms with van der Waals surface area (Å²) in [5.74, 6) is -0.809. The molecule has 1 aromatic carbocycles. The number of carbonyl (C=O) groups is 2. The lowest BCUT2D eigenvalue weighted by atomic mass is 10.1. The van der Waals surface area contributed by atoms with Crippen LogP contribution in [0.15, 0.2) is 24.3 Å². The van der Waals surface area contributed by atoms with Crippen LogP contribution in [0, 0.1) is 0 Å². The quantitative estimate of drug-likeness (QED) is 0.817. The molecule has 0 aliphatic carbocycles. The maximum Gasteiger partial charge on any atom is 0.317 e. The van der Waals surface area contributed by atoms with Crippen molar-refractivity contribution in [2.24, 2.45) is 0 Å². The van der Waals surface area contributed by atoms with Crippen LogP contribution in [-0.4, -0.2) is 64.6 Å². The first kappa shape index (κ1) is 13.4. The molecule has 1 fully saturated rings. The monoisotopic (exact) mass is 264 g/mol. The van der Waals surface area contributed by atoms with Crippen molar-refractivity contribution >= 4 is 11.9 Å². The highest BCUT2D eigenvalue weighted by atomic mass is 16.4. The van der Waals surface area contributed by atoms with E-state index < -0.39 is 5.97 Å². The van der Waals surface area contributed by atoms with Crippen molar-refractivity contribution in [1.29, 1.82) is 0 Å². The number of hydrogen-bond donors (Lipinski definition) is 2.